The summed E-state index contributed by atoms with van der Waals surface area (Å²) in [5.41, 5.74) is 3.02. The summed E-state index contributed by atoms with van der Waals surface area (Å²) in [6, 6.07) is 11.3. The highest BCUT2D eigenvalue weighted by Crippen LogP contribution is 2.30. The second-order valence-corrected chi connectivity index (χ2v) is 10.1. The van der Waals surface area contributed by atoms with Crippen LogP contribution in [0.25, 0.3) is 23.0 Å². The number of benzene rings is 1. The van der Waals surface area contributed by atoms with Crippen LogP contribution < -0.4 is 9.64 Å². The maximum absolute atomic E-state index is 12.4. The van der Waals surface area contributed by atoms with Gasteiger partial charge in [-0.05, 0) is 73.7 Å². The van der Waals surface area contributed by atoms with E-state index in [-0.39, 0.29) is 17.5 Å². The molecule has 0 spiro atoms. The van der Waals surface area contributed by atoms with Crippen molar-refractivity contribution >= 4 is 5.82 Å². The molecule has 6 rings (SSSR count). The molecule has 1 saturated carbocycles. The molecule has 4 heterocycles. The molecule has 0 radical (unpaired) electrons. The van der Waals surface area contributed by atoms with Crippen molar-refractivity contribution in [2.24, 2.45) is 5.92 Å². The van der Waals surface area contributed by atoms with E-state index in [1.807, 2.05) is 29.9 Å². The Morgan fingerprint density at radius 3 is 2.51 bits per heavy atom. The van der Waals surface area contributed by atoms with Crippen LogP contribution in [-0.2, 0) is 6.54 Å². The van der Waals surface area contributed by atoms with Crippen LogP contribution >= 0.6 is 0 Å². The summed E-state index contributed by atoms with van der Waals surface area (Å²) in [5.74, 6) is 2.04. The molecule has 9 nitrogen and oxygen atoms in total. The molecule has 0 bridgehead atoms. The van der Waals surface area contributed by atoms with E-state index in [1.165, 1.54) is 43.7 Å². The zero-order valence-electron chi connectivity index (χ0n) is 21.4. The Morgan fingerprint density at radius 2 is 1.79 bits per heavy atom. The predicted octanol–water partition coefficient (Wildman–Crippen LogP) is 4.78. The minimum atomic E-state index is -4.75. The Hall–Kier alpha value is -3.93. The maximum Gasteiger partial charge on any atom is 0.573 e. The topological polar surface area (TPSA) is 85.3 Å². The highest BCUT2D eigenvalue weighted by atomic mass is 19.4. The van der Waals surface area contributed by atoms with Crippen molar-refractivity contribution in [1.29, 1.82) is 0 Å². The van der Waals surface area contributed by atoms with Crippen molar-refractivity contribution in [3.8, 4) is 28.7 Å². The summed E-state index contributed by atoms with van der Waals surface area (Å²) in [5, 5.41) is 8.62. The summed E-state index contributed by atoms with van der Waals surface area (Å²) in [6.07, 6.45) is -0.149. The largest absolute Gasteiger partial charge is 0.573 e. The van der Waals surface area contributed by atoms with E-state index in [4.69, 9.17) is 4.52 Å². The molecule has 2 aliphatic rings. The molecule has 1 aliphatic carbocycles. The lowest BCUT2D eigenvalue weighted by Crippen LogP contribution is -2.47. The Morgan fingerprint density at radius 1 is 1.03 bits per heavy atom. The number of rotatable bonds is 8. The molecular weight excluding hydrogens is 511 g/mol. The summed E-state index contributed by atoms with van der Waals surface area (Å²) < 4.78 is 48.4. The Kier molecular flexibility index (Phi) is 6.71. The number of pyridine rings is 1. The van der Waals surface area contributed by atoms with Crippen LogP contribution in [0, 0.1) is 12.8 Å². The van der Waals surface area contributed by atoms with Crippen LogP contribution in [0.3, 0.4) is 0 Å². The van der Waals surface area contributed by atoms with Gasteiger partial charge in [-0.1, -0.05) is 5.16 Å². The zero-order valence-corrected chi connectivity index (χ0v) is 21.4. The molecular formula is C27H28F3N7O2. The molecule has 0 unspecified atom stereocenters. The Balaban J connectivity index is 1.11. The summed E-state index contributed by atoms with van der Waals surface area (Å²) in [4.78, 5) is 13.9. The van der Waals surface area contributed by atoms with E-state index in [1.54, 1.807) is 0 Å². The number of aryl methyl sites for hydroxylation is 1. The SMILES string of the molecule is Cc1cc(-c2nc(-c3ccc(OC(F)(F)F)cc3)no2)nn1Cc1ccnc(N2CCN(CC3CC3)CC2)c1. The lowest BCUT2D eigenvalue weighted by molar-refractivity contribution is -0.274. The second kappa shape index (κ2) is 10.3. The molecule has 0 atom stereocenters. The van der Waals surface area contributed by atoms with E-state index in [0.717, 1.165) is 49.2 Å². The van der Waals surface area contributed by atoms with Crippen molar-refractivity contribution in [3.63, 3.8) is 0 Å². The van der Waals surface area contributed by atoms with Gasteiger partial charge in [0.25, 0.3) is 5.89 Å². The first-order valence-electron chi connectivity index (χ1n) is 13.0. The van der Waals surface area contributed by atoms with Crippen LogP contribution in [0.4, 0.5) is 19.0 Å². The normalized spacial score (nSPS) is 16.6. The van der Waals surface area contributed by atoms with E-state index < -0.39 is 6.36 Å². The third-order valence-electron chi connectivity index (χ3n) is 7.02. The first-order valence-corrected chi connectivity index (χ1v) is 13.0. The van der Waals surface area contributed by atoms with Crippen molar-refractivity contribution in [3.05, 3.63) is 59.9 Å². The highest BCUT2D eigenvalue weighted by molar-refractivity contribution is 5.59. The van der Waals surface area contributed by atoms with Gasteiger partial charge in [-0.2, -0.15) is 10.1 Å². The van der Waals surface area contributed by atoms with Gasteiger partial charge in [0.1, 0.15) is 11.6 Å². The van der Waals surface area contributed by atoms with Crippen molar-refractivity contribution < 1.29 is 22.4 Å². The van der Waals surface area contributed by atoms with E-state index >= 15 is 0 Å². The van der Waals surface area contributed by atoms with Crippen molar-refractivity contribution in [2.45, 2.75) is 32.7 Å². The van der Waals surface area contributed by atoms with Crippen LogP contribution in [0.1, 0.15) is 24.1 Å². The van der Waals surface area contributed by atoms with Crippen LogP contribution in [0.15, 0.2) is 53.2 Å². The van der Waals surface area contributed by atoms with Gasteiger partial charge in [0.2, 0.25) is 5.82 Å². The van der Waals surface area contributed by atoms with Gasteiger partial charge in [-0.25, -0.2) is 4.98 Å². The van der Waals surface area contributed by atoms with Crippen molar-refractivity contribution in [2.75, 3.05) is 37.6 Å². The summed E-state index contributed by atoms with van der Waals surface area (Å²) >= 11 is 0. The van der Waals surface area contributed by atoms with Gasteiger partial charge >= 0.3 is 6.36 Å². The first kappa shape index (κ1) is 25.4. The number of nitrogens with zero attached hydrogens (tertiary/aromatic N) is 7. The van der Waals surface area contributed by atoms with Gasteiger partial charge in [0, 0.05) is 50.2 Å². The van der Waals surface area contributed by atoms with Gasteiger partial charge in [-0.3, -0.25) is 9.58 Å². The molecule has 3 aromatic heterocycles. The van der Waals surface area contributed by atoms with Gasteiger partial charge in [-0.15, -0.1) is 13.2 Å². The number of anilines is 1. The molecule has 1 saturated heterocycles. The number of aromatic nitrogens is 5. The second-order valence-electron chi connectivity index (χ2n) is 10.1. The molecule has 0 N–H and O–H groups in total. The number of hydrogen-bond donors (Lipinski definition) is 0. The summed E-state index contributed by atoms with van der Waals surface area (Å²) in [6.45, 7) is 7.84. The molecule has 12 heteroatoms. The van der Waals surface area contributed by atoms with Crippen LogP contribution in [0.2, 0.25) is 0 Å². The first-order chi connectivity index (χ1) is 18.8. The van der Waals surface area contributed by atoms with Crippen LogP contribution in [0.5, 0.6) is 5.75 Å². The fourth-order valence-corrected chi connectivity index (χ4v) is 4.76. The standard InChI is InChI=1S/C27H28F3N7O2/c1-18-14-23(26-32-25(34-39-26)21-4-6-22(7-5-21)38-27(28,29)30)33-37(18)17-20-8-9-31-24(15-20)36-12-10-35(11-13-36)16-19-2-3-19/h4-9,14-15,19H,2-3,10-13,16-17H2,1H3. The molecule has 1 aliphatic heterocycles. The number of halogens is 3. The maximum atomic E-state index is 12.4. The molecule has 1 aromatic carbocycles. The van der Waals surface area contributed by atoms with Gasteiger partial charge in [0.15, 0.2) is 5.69 Å². The molecule has 204 valence electrons. The minimum Gasteiger partial charge on any atom is -0.406 e. The lowest BCUT2D eigenvalue weighted by atomic mass is 10.2. The number of hydrogen-bond acceptors (Lipinski definition) is 8. The third kappa shape index (κ3) is 6.22. The monoisotopic (exact) mass is 539 g/mol. The molecule has 0 amide bonds. The molecule has 2 fully saturated rings. The molecule has 4 aromatic rings. The minimum absolute atomic E-state index is 0.224. The van der Waals surface area contributed by atoms with Crippen LogP contribution in [-0.4, -0.2) is 68.9 Å². The van der Waals surface area contributed by atoms with E-state index in [9.17, 15) is 13.2 Å². The third-order valence-corrected chi connectivity index (χ3v) is 7.02. The lowest BCUT2D eigenvalue weighted by Gasteiger charge is -2.35. The Bertz CT molecular complexity index is 1420. The average molecular weight is 540 g/mol. The average Bonchev–Trinajstić information content (AvgIpc) is 3.45. The fraction of sp³-hybridized carbons (Fsp3) is 0.407. The quantitative estimate of drug-likeness (QED) is 0.316. The number of ether oxygens (including phenoxy) is 1. The molecule has 39 heavy (non-hydrogen) atoms. The number of piperazine rings is 1. The van der Waals surface area contributed by atoms with E-state index in [2.05, 4.69) is 40.8 Å². The fourth-order valence-electron chi connectivity index (χ4n) is 4.76. The van der Waals surface area contributed by atoms with Gasteiger partial charge < -0.3 is 14.2 Å². The zero-order chi connectivity index (χ0) is 27.0. The van der Waals surface area contributed by atoms with Crippen molar-refractivity contribution in [1.82, 2.24) is 29.8 Å². The number of alkyl halides is 3. The van der Waals surface area contributed by atoms with E-state index in [0.29, 0.717) is 17.8 Å². The van der Waals surface area contributed by atoms with Gasteiger partial charge in [0.05, 0.1) is 6.54 Å². The predicted molar refractivity (Wildman–Crippen MR) is 137 cm³/mol. The Labute approximate surface area is 223 Å². The smallest absolute Gasteiger partial charge is 0.406 e. The highest BCUT2D eigenvalue weighted by Gasteiger charge is 2.31. The summed E-state index contributed by atoms with van der Waals surface area (Å²) in [7, 11) is 0.